The van der Waals surface area contributed by atoms with E-state index in [4.69, 9.17) is 5.10 Å². The molecule has 7 heteroatoms. The quantitative estimate of drug-likeness (QED) is 0.634. The first-order chi connectivity index (χ1) is 16.4. The van der Waals surface area contributed by atoms with Gasteiger partial charge in [-0.3, -0.25) is 14.5 Å². The molecule has 0 aliphatic carbocycles. The fourth-order valence-corrected chi connectivity index (χ4v) is 6.32. The highest BCUT2D eigenvalue weighted by molar-refractivity contribution is 6.26. The highest BCUT2D eigenvalue weighted by Crippen LogP contribution is 2.64. The molecule has 3 aliphatic rings. The Bertz CT molecular complexity index is 1360. The number of hydrogen-bond donors (Lipinski definition) is 1. The van der Waals surface area contributed by atoms with Gasteiger partial charge in [0.05, 0.1) is 11.4 Å². The molecule has 0 bridgehead atoms. The molecule has 2 amide bonds. The molecule has 3 aromatic carbocycles. The van der Waals surface area contributed by atoms with Crippen LogP contribution in [0.25, 0.3) is 0 Å². The molecule has 3 aliphatic heterocycles. The van der Waals surface area contributed by atoms with Crippen molar-refractivity contribution in [2.24, 2.45) is 10.5 Å². The Labute approximate surface area is 196 Å². The Morgan fingerprint density at radius 3 is 2.38 bits per heavy atom. The smallest absolute Gasteiger partial charge is 0.262 e. The molecule has 0 saturated carbocycles. The predicted octanol–water partition coefficient (Wildman–Crippen LogP) is 4.11. The number of likely N-dealkylation sites (N-methyl/N-ethyl adjacent to an activating group) is 1. The Morgan fingerprint density at radius 2 is 1.65 bits per heavy atom. The average molecular weight is 455 g/mol. The molecular formula is C27H23FN4O2. The van der Waals surface area contributed by atoms with Gasteiger partial charge in [0, 0.05) is 23.7 Å². The van der Waals surface area contributed by atoms with Crippen molar-refractivity contribution in [3.05, 3.63) is 95.8 Å². The van der Waals surface area contributed by atoms with Gasteiger partial charge in [-0.2, -0.15) is 10.1 Å². The molecule has 0 radical (unpaired) electrons. The van der Waals surface area contributed by atoms with E-state index >= 15 is 0 Å². The minimum atomic E-state index is -1.31. The molecule has 3 heterocycles. The normalized spacial score (nSPS) is 28.0. The van der Waals surface area contributed by atoms with Gasteiger partial charge in [-0.05, 0) is 49.9 Å². The summed E-state index contributed by atoms with van der Waals surface area (Å²) in [5.41, 5.74) is 0.829. The number of likely N-dealkylation sites (tertiary alicyclic amines) is 1. The summed E-state index contributed by atoms with van der Waals surface area (Å²) < 4.78 is 13.8. The lowest BCUT2D eigenvalue weighted by Gasteiger charge is -2.43. The molecule has 1 N–H and O–H groups in total. The van der Waals surface area contributed by atoms with Crippen LogP contribution in [0.5, 0.6) is 0 Å². The van der Waals surface area contributed by atoms with Crippen LogP contribution in [0, 0.1) is 11.2 Å². The third-order valence-electron chi connectivity index (χ3n) is 7.64. The molecule has 0 unspecified atom stereocenters. The third-order valence-corrected chi connectivity index (χ3v) is 7.64. The number of carbonyl (C=O) groups excluding carboxylic acids is 2. The lowest BCUT2D eigenvalue weighted by atomic mass is 9.58. The van der Waals surface area contributed by atoms with Gasteiger partial charge in [-0.15, -0.1) is 0 Å². The van der Waals surface area contributed by atoms with Crippen molar-refractivity contribution in [1.29, 1.82) is 0 Å². The third kappa shape index (κ3) is 2.34. The number of carbonyl (C=O) groups is 2. The van der Waals surface area contributed by atoms with Crippen LogP contribution in [0.2, 0.25) is 0 Å². The van der Waals surface area contributed by atoms with Crippen LogP contribution in [0.15, 0.2) is 84.0 Å². The fraction of sp³-hybridized carbons (Fsp3) is 0.222. The van der Waals surface area contributed by atoms with Crippen molar-refractivity contribution >= 4 is 28.9 Å². The zero-order chi connectivity index (χ0) is 23.7. The highest BCUT2D eigenvalue weighted by atomic mass is 19.1. The molecule has 1 fully saturated rings. The molecule has 1 saturated heterocycles. The fourth-order valence-electron chi connectivity index (χ4n) is 6.32. The van der Waals surface area contributed by atoms with Crippen LogP contribution < -0.4 is 10.3 Å². The van der Waals surface area contributed by atoms with Crippen molar-refractivity contribution in [1.82, 2.24) is 4.90 Å². The number of benzene rings is 3. The van der Waals surface area contributed by atoms with Crippen LogP contribution in [-0.2, 0) is 15.1 Å². The average Bonchev–Trinajstić information content (AvgIpc) is 3.41. The van der Waals surface area contributed by atoms with Gasteiger partial charge in [-0.1, -0.05) is 48.5 Å². The summed E-state index contributed by atoms with van der Waals surface area (Å²) in [6.45, 7) is 2.25. The van der Waals surface area contributed by atoms with Crippen molar-refractivity contribution in [2.75, 3.05) is 23.9 Å². The molecule has 6 nitrogen and oxygen atoms in total. The Hall–Kier alpha value is -3.84. The zero-order valence-electron chi connectivity index (χ0n) is 18.8. The summed E-state index contributed by atoms with van der Waals surface area (Å²) in [5, 5.41) is 9.19. The Balaban J connectivity index is 1.65. The summed E-state index contributed by atoms with van der Waals surface area (Å²) in [6, 6.07) is 23.0. The summed E-state index contributed by atoms with van der Waals surface area (Å²) in [5.74, 6) is -1.28. The number of fused-ring (bicyclic) bond motifs is 3. The van der Waals surface area contributed by atoms with Gasteiger partial charge in [0.25, 0.3) is 11.8 Å². The molecule has 3 atom stereocenters. The van der Waals surface area contributed by atoms with E-state index in [9.17, 15) is 14.0 Å². The SMILES string of the molecule is CC1=NN(c2ccccc2)C(=O)[C@]12[C@H](c1ccc(F)cc1)CN(C)[C@]21C(=O)Nc2ccccc21. The van der Waals surface area contributed by atoms with Gasteiger partial charge < -0.3 is 5.32 Å². The van der Waals surface area contributed by atoms with Gasteiger partial charge in [-0.25, -0.2) is 4.39 Å². The number of nitrogens with zero attached hydrogens (tertiary/aromatic N) is 3. The molecule has 2 spiro atoms. The maximum absolute atomic E-state index is 14.6. The second-order valence-corrected chi connectivity index (χ2v) is 9.14. The molecule has 3 aromatic rings. The molecule has 34 heavy (non-hydrogen) atoms. The van der Waals surface area contributed by atoms with Gasteiger partial charge >= 0.3 is 0 Å². The van der Waals surface area contributed by atoms with E-state index in [1.54, 1.807) is 12.1 Å². The largest absolute Gasteiger partial charge is 0.324 e. The second-order valence-electron chi connectivity index (χ2n) is 9.14. The van der Waals surface area contributed by atoms with E-state index in [0.717, 1.165) is 11.1 Å². The van der Waals surface area contributed by atoms with E-state index in [-0.39, 0.29) is 17.6 Å². The van der Waals surface area contributed by atoms with E-state index in [1.807, 2.05) is 73.5 Å². The Morgan fingerprint density at radius 1 is 0.971 bits per heavy atom. The Kier molecular flexibility index (Phi) is 4.32. The summed E-state index contributed by atoms with van der Waals surface area (Å²) in [6.07, 6.45) is 0. The maximum atomic E-state index is 14.6. The molecule has 170 valence electrons. The van der Waals surface area contributed by atoms with Gasteiger partial charge in [0.1, 0.15) is 16.8 Å². The first kappa shape index (κ1) is 20.7. The van der Waals surface area contributed by atoms with E-state index in [0.29, 0.717) is 23.6 Å². The highest BCUT2D eigenvalue weighted by Gasteiger charge is 2.77. The topological polar surface area (TPSA) is 65.0 Å². The predicted molar refractivity (Wildman–Crippen MR) is 128 cm³/mol. The minimum absolute atomic E-state index is 0.251. The number of anilines is 2. The first-order valence-electron chi connectivity index (χ1n) is 11.3. The first-order valence-corrected chi connectivity index (χ1v) is 11.3. The van der Waals surface area contributed by atoms with Crippen molar-refractivity contribution in [3.63, 3.8) is 0 Å². The number of amides is 2. The van der Waals surface area contributed by atoms with E-state index in [1.165, 1.54) is 17.1 Å². The monoisotopic (exact) mass is 454 g/mol. The summed E-state index contributed by atoms with van der Waals surface area (Å²) in [4.78, 5) is 30.5. The van der Waals surface area contributed by atoms with Crippen molar-refractivity contribution in [2.45, 2.75) is 18.4 Å². The molecular weight excluding hydrogens is 431 g/mol. The minimum Gasteiger partial charge on any atom is -0.324 e. The number of para-hydroxylation sites is 2. The lowest BCUT2D eigenvalue weighted by Crippen LogP contribution is -2.61. The van der Waals surface area contributed by atoms with Gasteiger partial charge in [0.2, 0.25) is 0 Å². The van der Waals surface area contributed by atoms with Crippen LogP contribution in [0.1, 0.15) is 24.0 Å². The van der Waals surface area contributed by atoms with Crippen molar-refractivity contribution in [3.8, 4) is 0 Å². The number of hydrogen-bond acceptors (Lipinski definition) is 4. The molecule has 0 aromatic heterocycles. The molecule has 6 rings (SSSR count). The number of nitrogens with one attached hydrogen (secondary N) is 1. The van der Waals surface area contributed by atoms with E-state index in [2.05, 4.69) is 5.32 Å². The van der Waals surface area contributed by atoms with Crippen LogP contribution in [-0.4, -0.2) is 36.0 Å². The van der Waals surface area contributed by atoms with Crippen LogP contribution in [0.3, 0.4) is 0 Å². The van der Waals surface area contributed by atoms with E-state index < -0.39 is 16.9 Å². The zero-order valence-corrected chi connectivity index (χ0v) is 18.8. The number of rotatable bonds is 2. The lowest BCUT2D eigenvalue weighted by molar-refractivity contribution is -0.138. The number of halogens is 1. The second kappa shape index (κ2) is 7.08. The number of hydrazone groups is 1. The van der Waals surface area contributed by atoms with Gasteiger partial charge in [0.15, 0.2) is 0 Å². The van der Waals surface area contributed by atoms with Crippen molar-refractivity contribution < 1.29 is 14.0 Å². The maximum Gasteiger partial charge on any atom is 0.262 e. The summed E-state index contributed by atoms with van der Waals surface area (Å²) >= 11 is 0. The van der Waals surface area contributed by atoms with Crippen LogP contribution in [0.4, 0.5) is 15.8 Å². The standard InChI is InChI=1S/C27H23FN4O2/c1-17-26(25(34)32(30-17)20-8-4-3-5-9-20)22(18-12-14-19(28)15-13-18)16-31(2)27(26)21-10-6-7-11-23(21)29-24(27)33/h3-15,22H,16H2,1-2H3,(H,29,33)/t22-,26+,27+/m0/s1. The summed E-state index contributed by atoms with van der Waals surface area (Å²) in [7, 11) is 1.87. The van der Waals surface area contributed by atoms with Crippen LogP contribution >= 0.6 is 0 Å².